The Kier molecular flexibility index (Phi) is 11.0. The summed E-state index contributed by atoms with van der Waals surface area (Å²) in [5.41, 5.74) is 2.16. The first-order valence-electron chi connectivity index (χ1n) is 18.7. The van der Waals surface area contributed by atoms with Crippen LogP contribution in [0.2, 0.25) is 0 Å². The first-order valence-corrected chi connectivity index (χ1v) is 18.7. The summed E-state index contributed by atoms with van der Waals surface area (Å²) in [6, 6.07) is 47.5. The second-order valence-corrected chi connectivity index (χ2v) is 13.4. The Morgan fingerprint density at radius 2 is 0.617 bits per heavy atom. The van der Waals surface area contributed by atoms with Gasteiger partial charge in [-0.2, -0.15) is 0 Å². The van der Waals surface area contributed by atoms with Crippen molar-refractivity contribution in [1.29, 1.82) is 0 Å². The molecule has 0 amide bonds. The summed E-state index contributed by atoms with van der Waals surface area (Å²) in [4.78, 5) is 53.0. The highest BCUT2D eigenvalue weighted by molar-refractivity contribution is 6.11. The summed E-state index contributed by atoms with van der Waals surface area (Å²) in [6.45, 7) is 0. The first-order chi connectivity index (χ1) is 29.3. The van der Waals surface area contributed by atoms with Gasteiger partial charge in [-0.3, -0.25) is 0 Å². The van der Waals surface area contributed by atoms with Gasteiger partial charge in [-0.25, -0.2) is 19.2 Å². The van der Waals surface area contributed by atoms with Crippen LogP contribution in [-0.4, -0.2) is 38.1 Å². The van der Waals surface area contributed by atoms with Gasteiger partial charge in [0.25, 0.3) is 0 Å². The van der Waals surface area contributed by atoms with Gasteiger partial charge < -0.3 is 28.4 Å². The molecule has 0 radical (unpaired) electrons. The number of fused-ring (bicyclic) bond motifs is 2. The summed E-state index contributed by atoms with van der Waals surface area (Å²) in [7, 11) is 3.08. The smallest absolute Gasteiger partial charge is 0.343 e. The number of carbonyl (C=O) groups excluding carboxylic acids is 4. The number of hydrogen-bond donors (Lipinski definition) is 0. The highest BCUT2D eigenvalue weighted by atomic mass is 16.5. The molecular weight excluding hydrogens is 761 g/mol. The molecule has 10 nitrogen and oxygen atoms in total. The fourth-order valence-corrected chi connectivity index (χ4v) is 6.61. The molecule has 294 valence electrons. The predicted octanol–water partition coefficient (Wildman–Crippen LogP) is 10.6. The Hall–Kier alpha value is -8.24. The molecule has 10 heteroatoms. The third-order valence-corrected chi connectivity index (χ3v) is 9.69. The molecule has 0 atom stereocenters. The number of benzene rings is 8. The van der Waals surface area contributed by atoms with Crippen molar-refractivity contribution in [1.82, 2.24) is 0 Å². The quantitative estimate of drug-likeness (QED) is 0.0923. The monoisotopic (exact) mass is 794 g/mol. The van der Waals surface area contributed by atoms with Crippen molar-refractivity contribution in [3.05, 3.63) is 192 Å². The van der Waals surface area contributed by atoms with Crippen LogP contribution in [-0.2, 0) is 0 Å². The Labute approximate surface area is 344 Å². The van der Waals surface area contributed by atoms with E-state index in [-0.39, 0.29) is 34.1 Å². The molecule has 60 heavy (non-hydrogen) atoms. The molecule has 8 aromatic rings. The maximum atomic E-state index is 13.8. The minimum atomic E-state index is -0.661. The number of ether oxygens (including phenoxy) is 6. The normalized spacial score (nSPS) is 10.8. The van der Waals surface area contributed by atoms with E-state index in [9.17, 15) is 19.2 Å². The molecule has 0 aliphatic carbocycles. The molecule has 0 spiro atoms. The fourth-order valence-electron chi connectivity index (χ4n) is 6.61. The van der Waals surface area contributed by atoms with E-state index < -0.39 is 23.9 Å². The summed E-state index contributed by atoms with van der Waals surface area (Å²) in [5.74, 6) is -0.301. The van der Waals surface area contributed by atoms with Crippen LogP contribution in [0.3, 0.4) is 0 Å². The molecule has 0 N–H and O–H groups in total. The molecule has 0 heterocycles. The molecule has 0 bridgehead atoms. The second kappa shape index (κ2) is 17.1. The topological polar surface area (TPSA) is 124 Å². The maximum absolute atomic E-state index is 13.8. The van der Waals surface area contributed by atoms with Crippen LogP contribution in [0.4, 0.5) is 0 Å². The van der Waals surface area contributed by atoms with Crippen LogP contribution in [0.15, 0.2) is 170 Å². The lowest BCUT2D eigenvalue weighted by Crippen LogP contribution is -2.12. The van der Waals surface area contributed by atoms with E-state index >= 15 is 0 Å². The van der Waals surface area contributed by atoms with Crippen molar-refractivity contribution in [3.8, 4) is 45.6 Å². The van der Waals surface area contributed by atoms with Crippen LogP contribution < -0.4 is 28.4 Å². The zero-order chi connectivity index (χ0) is 41.6. The lowest BCUT2D eigenvalue weighted by atomic mass is 9.92. The zero-order valence-electron chi connectivity index (χ0n) is 32.2. The molecule has 0 aliphatic rings. The van der Waals surface area contributed by atoms with Crippen LogP contribution in [0.25, 0.3) is 32.7 Å². The number of carbonyl (C=O) groups is 4. The van der Waals surface area contributed by atoms with E-state index in [1.54, 1.807) is 60.7 Å². The van der Waals surface area contributed by atoms with E-state index in [4.69, 9.17) is 28.4 Å². The van der Waals surface area contributed by atoms with Crippen molar-refractivity contribution in [3.63, 3.8) is 0 Å². The van der Waals surface area contributed by atoms with Gasteiger partial charge in [-0.1, -0.05) is 60.7 Å². The largest absolute Gasteiger partial charge is 0.497 e. The van der Waals surface area contributed by atoms with Crippen molar-refractivity contribution >= 4 is 45.4 Å². The van der Waals surface area contributed by atoms with Gasteiger partial charge in [-0.15, -0.1) is 0 Å². The predicted molar refractivity (Wildman–Crippen MR) is 226 cm³/mol. The van der Waals surface area contributed by atoms with Gasteiger partial charge in [0.1, 0.15) is 34.5 Å². The molecule has 0 aromatic heterocycles. The van der Waals surface area contributed by atoms with Crippen LogP contribution in [0.5, 0.6) is 34.5 Å². The van der Waals surface area contributed by atoms with E-state index in [0.29, 0.717) is 33.8 Å². The average Bonchev–Trinajstić information content (AvgIpc) is 3.29. The van der Waals surface area contributed by atoms with Gasteiger partial charge in [0.05, 0.1) is 36.5 Å². The van der Waals surface area contributed by atoms with Gasteiger partial charge in [-0.05, 0) is 131 Å². The Balaban J connectivity index is 1.08. The molecule has 8 aromatic carbocycles. The average molecular weight is 795 g/mol. The van der Waals surface area contributed by atoms with E-state index in [1.165, 1.54) is 62.8 Å². The molecule has 0 saturated carbocycles. The maximum Gasteiger partial charge on any atom is 0.343 e. The number of rotatable bonds is 11. The van der Waals surface area contributed by atoms with Crippen LogP contribution in [0, 0.1) is 0 Å². The molecule has 0 saturated heterocycles. The summed E-state index contributed by atoms with van der Waals surface area (Å²) in [6.07, 6.45) is 0. The van der Waals surface area contributed by atoms with Gasteiger partial charge in [0.2, 0.25) is 0 Å². The van der Waals surface area contributed by atoms with Gasteiger partial charge in [0.15, 0.2) is 0 Å². The van der Waals surface area contributed by atoms with Gasteiger partial charge in [0, 0.05) is 11.1 Å². The number of esters is 4. The minimum absolute atomic E-state index is 0.209. The molecule has 0 aliphatic heterocycles. The fraction of sp³-hybridized carbons (Fsp3) is 0.0400. The van der Waals surface area contributed by atoms with Crippen molar-refractivity contribution in [2.75, 3.05) is 14.2 Å². The SMILES string of the molecule is COc1ccc(C(=O)Oc2ccc(C(=O)Oc3ccc4ccccc4c3-c3c(OC(=O)c4ccc(OC(=O)c5ccc(OC)cc5)cc4)ccc4ccccc34)cc2)cc1. The van der Waals surface area contributed by atoms with Crippen molar-refractivity contribution in [2.45, 2.75) is 0 Å². The molecule has 0 fully saturated rings. The summed E-state index contributed by atoms with van der Waals surface area (Å²) >= 11 is 0. The van der Waals surface area contributed by atoms with Gasteiger partial charge >= 0.3 is 23.9 Å². The zero-order valence-corrected chi connectivity index (χ0v) is 32.2. The number of methoxy groups -OCH3 is 2. The standard InChI is InChI=1S/C50H34O10/c1-55-37-21-11-33(12-22-37)47(51)57-39-25-15-35(16-26-39)49(53)59-43-29-19-31-7-3-5-9-41(31)45(43)46-42-10-6-4-8-32(42)20-30-44(46)60-50(54)36-17-27-40(28-18-36)58-48(52)34-13-23-38(56-2)24-14-34/h3-30H,1-2H3. The highest BCUT2D eigenvalue weighted by Gasteiger charge is 2.23. The van der Waals surface area contributed by atoms with Crippen molar-refractivity contribution < 1.29 is 47.6 Å². The summed E-state index contributed by atoms with van der Waals surface area (Å²) in [5, 5.41) is 3.22. The third kappa shape index (κ3) is 8.25. The van der Waals surface area contributed by atoms with Crippen LogP contribution >= 0.6 is 0 Å². The lowest BCUT2D eigenvalue weighted by Gasteiger charge is -2.19. The highest BCUT2D eigenvalue weighted by Crippen LogP contribution is 2.46. The van der Waals surface area contributed by atoms with E-state index in [0.717, 1.165) is 21.5 Å². The van der Waals surface area contributed by atoms with E-state index in [2.05, 4.69) is 0 Å². The molecular formula is C50H34O10. The van der Waals surface area contributed by atoms with E-state index in [1.807, 2.05) is 60.7 Å². The summed E-state index contributed by atoms with van der Waals surface area (Å²) < 4.78 is 33.6. The Morgan fingerprint density at radius 3 is 0.950 bits per heavy atom. The van der Waals surface area contributed by atoms with Crippen molar-refractivity contribution in [2.24, 2.45) is 0 Å². The minimum Gasteiger partial charge on any atom is -0.497 e. The Bertz CT molecular complexity index is 2680. The second-order valence-electron chi connectivity index (χ2n) is 13.4. The molecule has 8 rings (SSSR count). The molecule has 0 unspecified atom stereocenters. The third-order valence-electron chi connectivity index (χ3n) is 9.69. The first kappa shape index (κ1) is 38.6. The number of hydrogen-bond acceptors (Lipinski definition) is 10. The van der Waals surface area contributed by atoms with Crippen LogP contribution in [0.1, 0.15) is 41.4 Å². The Morgan fingerprint density at radius 1 is 0.317 bits per heavy atom. The lowest BCUT2D eigenvalue weighted by molar-refractivity contribution is 0.0719.